The Balaban J connectivity index is 2.18. The number of benzene rings is 1. The van der Waals surface area contributed by atoms with Crippen LogP contribution in [0, 0.1) is 6.92 Å². The molecule has 0 N–H and O–H groups in total. The second-order valence-electron chi connectivity index (χ2n) is 3.73. The van der Waals surface area contributed by atoms with Gasteiger partial charge in [0.15, 0.2) is 0 Å². The van der Waals surface area contributed by atoms with Crippen molar-refractivity contribution in [3.8, 4) is 0 Å². The Morgan fingerprint density at radius 3 is 2.71 bits per heavy atom. The third-order valence-electron chi connectivity index (χ3n) is 2.26. The van der Waals surface area contributed by atoms with Crippen molar-refractivity contribution in [2.45, 2.75) is 44.4 Å². The predicted octanol–water partition coefficient (Wildman–Crippen LogP) is 4.67. The molecule has 0 radical (unpaired) electrons. The maximum absolute atomic E-state index is 2.27. The lowest BCUT2D eigenvalue weighted by atomic mass is 10.2. The van der Waals surface area contributed by atoms with Gasteiger partial charge >= 0.3 is 0 Å². The fourth-order valence-electron chi connectivity index (χ4n) is 1.42. The Kier molecular flexibility index (Phi) is 5.77. The van der Waals surface area contributed by atoms with Crippen molar-refractivity contribution in [1.82, 2.24) is 0 Å². The molecule has 0 nitrogen and oxygen atoms in total. The molecule has 1 aromatic rings. The number of aryl methyl sites for hydroxylation is 1. The Labute approximate surface area is 92.1 Å². The summed E-state index contributed by atoms with van der Waals surface area (Å²) >= 11 is 1.99. The Morgan fingerprint density at radius 1 is 1.14 bits per heavy atom. The lowest BCUT2D eigenvalue weighted by Crippen LogP contribution is -1.81. The van der Waals surface area contributed by atoms with Crippen LogP contribution in [0.2, 0.25) is 0 Å². The smallest absolute Gasteiger partial charge is 0.00745 e. The van der Waals surface area contributed by atoms with E-state index in [9.17, 15) is 0 Å². The van der Waals surface area contributed by atoms with Gasteiger partial charge in [0.2, 0.25) is 0 Å². The topological polar surface area (TPSA) is 0 Å². The van der Waals surface area contributed by atoms with E-state index in [2.05, 4.69) is 38.1 Å². The molecule has 0 unspecified atom stereocenters. The van der Waals surface area contributed by atoms with Crippen LogP contribution < -0.4 is 0 Å². The highest BCUT2D eigenvalue weighted by Crippen LogP contribution is 2.20. The fraction of sp³-hybridized carbons (Fsp3) is 0.538. The number of hydrogen-bond donors (Lipinski definition) is 0. The van der Waals surface area contributed by atoms with Crippen LogP contribution in [-0.2, 0) is 0 Å². The highest BCUT2D eigenvalue weighted by molar-refractivity contribution is 7.99. The van der Waals surface area contributed by atoms with Crippen molar-refractivity contribution in [2.24, 2.45) is 0 Å². The molecule has 0 bridgehead atoms. The summed E-state index contributed by atoms with van der Waals surface area (Å²) in [5.41, 5.74) is 1.36. The maximum Gasteiger partial charge on any atom is 0.00745 e. The van der Waals surface area contributed by atoms with Crippen molar-refractivity contribution >= 4 is 11.8 Å². The molecule has 1 rings (SSSR count). The highest BCUT2D eigenvalue weighted by atomic mass is 32.2. The van der Waals surface area contributed by atoms with Crippen molar-refractivity contribution in [1.29, 1.82) is 0 Å². The van der Waals surface area contributed by atoms with Gasteiger partial charge in [-0.3, -0.25) is 0 Å². The van der Waals surface area contributed by atoms with Gasteiger partial charge in [0.25, 0.3) is 0 Å². The number of unbranched alkanes of at least 4 members (excludes halogenated alkanes) is 3. The molecule has 0 aliphatic carbocycles. The second-order valence-corrected chi connectivity index (χ2v) is 4.89. The Hall–Kier alpha value is -0.430. The van der Waals surface area contributed by atoms with E-state index in [1.54, 1.807) is 0 Å². The third kappa shape index (κ3) is 4.71. The minimum atomic E-state index is 1.27. The van der Waals surface area contributed by atoms with E-state index in [0.29, 0.717) is 0 Å². The SMILES string of the molecule is CCCCCCSc1cccc(C)c1. The monoisotopic (exact) mass is 208 g/mol. The van der Waals surface area contributed by atoms with Gasteiger partial charge in [0.05, 0.1) is 0 Å². The first-order valence-electron chi connectivity index (χ1n) is 5.52. The van der Waals surface area contributed by atoms with Gasteiger partial charge in [-0.1, -0.05) is 43.9 Å². The molecule has 0 aromatic heterocycles. The second kappa shape index (κ2) is 6.94. The standard InChI is InChI=1S/C13H20S/c1-3-4-5-6-10-14-13-9-7-8-12(2)11-13/h7-9,11H,3-6,10H2,1-2H3. The molecule has 0 saturated heterocycles. The average molecular weight is 208 g/mol. The molecule has 1 heteroatoms. The first-order chi connectivity index (χ1) is 6.83. The van der Waals surface area contributed by atoms with Gasteiger partial charge in [-0.2, -0.15) is 0 Å². The summed E-state index contributed by atoms with van der Waals surface area (Å²) in [6.45, 7) is 4.41. The van der Waals surface area contributed by atoms with Gasteiger partial charge in [0.1, 0.15) is 0 Å². The Bertz CT molecular complexity index is 255. The first kappa shape index (κ1) is 11.6. The number of thioether (sulfide) groups is 1. The molecular weight excluding hydrogens is 188 g/mol. The summed E-state index contributed by atoms with van der Waals surface area (Å²) in [4.78, 5) is 1.42. The van der Waals surface area contributed by atoms with Crippen LogP contribution in [0.1, 0.15) is 38.2 Å². The molecule has 0 saturated carbocycles. The summed E-state index contributed by atoms with van der Waals surface area (Å²) in [6, 6.07) is 8.77. The zero-order valence-corrected chi connectivity index (χ0v) is 10.1. The van der Waals surface area contributed by atoms with E-state index in [1.807, 2.05) is 11.8 Å². The van der Waals surface area contributed by atoms with Gasteiger partial charge in [0, 0.05) is 4.90 Å². The lowest BCUT2D eigenvalue weighted by molar-refractivity contribution is 0.706. The minimum Gasteiger partial charge on any atom is -0.126 e. The van der Waals surface area contributed by atoms with Crippen molar-refractivity contribution < 1.29 is 0 Å². The molecule has 0 atom stereocenters. The van der Waals surface area contributed by atoms with Gasteiger partial charge in [-0.25, -0.2) is 0 Å². The van der Waals surface area contributed by atoms with Gasteiger partial charge < -0.3 is 0 Å². The van der Waals surface area contributed by atoms with Crippen LogP contribution in [0.15, 0.2) is 29.2 Å². The third-order valence-corrected chi connectivity index (χ3v) is 3.34. The van der Waals surface area contributed by atoms with Crippen LogP contribution in [0.4, 0.5) is 0 Å². The Morgan fingerprint density at radius 2 is 2.00 bits per heavy atom. The summed E-state index contributed by atoms with van der Waals surface area (Å²) < 4.78 is 0. The summed E-state index contributed by atoms with van der Waals surface area (Å²) in [7, 11) is 0. The van der Waals surface area contributed by atoms with Crippen molar-refractivity contribution in [3.05, 3.63) is 29.8 Å². The molecule has 78 valence electrons. The number of rotatable bonds is 6. The molecule has 0 spiro atoms. The van der Waals surface area contributed by atoms with Crippen LogP contribution in [0.3, 0.4) is 0 Å². The highest BCUT2D eigenvalue weighted by Gasteiger charge is 1.94. The molecule has 0 aliphatic rings. The van der Waals surface area contributed by atoms with E-state index >= 15 is 0 Å². The molecule has 0 heterocycles. The molecular formula is C13H20S. The molecule has 0 fully saturated rings. The summed E-state index contributed by atoms with van der Waals surface area (Å²) in [5.74, 6) is 1.27. The van der Waals surface area contributed by atoms with E-state index in [-0.39, 0.29) is 0 Å². The van der Waals surface area contributed by atoms with Crippen molar-refractivity contribution in [2.75, 3.05) is 5.75 Å². The van der Waals surface area contributed by atoms with Crippen molar-refractivity contribution in [3.63, 3.8) is 0 Å². The normalized spacial score (nSPS) is 10.4. The van der Waals surface area contributed by atoms with Gasteiger partial charge in [-0.05, 0) is 31.2 Å². The quantitative estimate of drug-likeness (QED) is 0.483. The van der Waals surface area contributed by atoms with Crippen LogP contribution >= 0.6 is 11.8 Å². The largest absolute Gasteiger partial charge is 0.126 e. The predicted molar refractivity (Wildman–Crippen MR) is 66.0 cm³/mol. The molecule has 14 heavy (non-hydrogen) atoms. The lowest BCUT2D eigenvalue weighted by Gasteiger charge is -2.02. The maximum atomic E-state index is 2.27. The van der Waals surface area contributed by atoms with Crippen LogP contribution in [0.5, 0.6) is 0 Å². The van der Waals surface area contributed by atoms with Crippen LogP contribution in [-0.4, -0.2) is 5.75 Å². The zero-order valence-electron chi connectivity index (χ0n) is 9.25. The zero-order chi connectivity index (χ0) is 10.2. The minimum absolute atomic E-state index is 1.27. The average Bonchev–Trinajstić information content (AvgIpc) is 2.18. The van der Waals surface area contributed by atoms with E-state index in [1.165, 1.54) is 41.9 Å². The molecule has 0 aliphatic heterocycles. The van der Waals surface area contributed by atoms with Crippen LogP contribution in [0.25, 0.3) is 0 Å². The van der Waals surface area contributed by atoms with Gasteiger partial charge in [-0.15, -0.1) is 11.8 Å². The number of hydrogen-bond acceptors (Lipinski definition) is 1. The summed E-state index contributed by atoms with van der Waals surface area (Å²) in [5, 5.41) is 0. The van der Waals surface area contributed by atoms with E-state index < -0.39 is 0 Å². The van der Waals surface area contributed by atoms with E-state index in [4.69, 9.17) is 0 Å². The molecule has 0 amide bonds. The van der Waals surface area contributed by atoms with E-state index in [0.717, 1.165) is 0 Å². The summed E-state index contributed by atoms with van der Waals surface area (Å²) in [6.07, 6.45) is 5.45. The molecule has 1 aromatic carbocycles. The fourth-order valence-corrected chi connectivity index (χ4v) is 2.45. The first-order valence-corrected chi connectivity index (χ1v) is 6.51.